The van der Waals surface area contributed by atoms with E-state index < -0.39 is 82.9 Å². The molecule has 0 amide bonds. The van der Waals surface area contributed by atoms with Crippen LogP contribution in [-0.4, -0.2) is 62.1 Å². The molecule has 0 aromatic heterocycles. The Morgan fingerprint density at radius 2 is 0.831 bits per heavy atom. The molecule has 6 aromatic carbocycles. The molecule has 0 spiro atoms. The number of hydrogen-bond donors (Lipinski definition) is 8. The molecule has 0 atom stereocenters. The summed E-state index contributed by atoms with van der Waals surface area (Å²) >= 11 is 0. The SMILES string of the molecule is Cc1cc(N=Nc2c(S(=O)(=O)O)cc3cc(S(=O)(=O)O)cc(N)c3c2O)ccc1N=Nc1ccc(N=Nc2c(S(=O)(=O)O)cc3cc(S(=O)(=O)O)cc(N)c3c2O)cc1. The van der Waals surface area contributed by atoms with Crippen molar-refractivity contribution in [3.63, 3.8) is 0 Å². The van der Waals surface area contributed by atoms with Gasteiger partial charge in [-0.15, -0.1) is 10.2 Å². The third-order valence-electron chi connectivity index (χ3n) is 8.29. The van der Waals surface area contributed by atoms with E-state index in [9.17, 15) is 62.1 Å². The maximum absolute atomic E-state index is 12.2. The van der Waals surface area contributed by atoms with Crippen LogP contribution in [-0.2, 0) is 40.5 Å². The lowest BCUT2D eigenvalue weighted by Gasteiger charge is -2.12. The van der Waals surface area contributed by atoms with Gasteiger partial charge in [0.25, 0.3) is 40.5 Å². The van der Waals surface area contributed by atoms with Crippen molar-refractivity contribution in [1.82, 2.24) is 0 Å². The van der Waals surface area contributed by atoms with Crippen LogP contribution in [0.5, 0.6) is 11.5 Å². The highest BCUT2D eigenvalue weighted by Crippen LogP contribution is 2.46. The molecular formula is C33H26N8O14S4. The van der Waals surface area contributed by atoms with Crippen LogP contribution in [0.25, 0.3) is 21.5 Å². The fourth-order valence-corrected chi connectivity index (χ4v) is 8.01. The third-order valence-corrected chi connectivity index (χ3v) is 11.7. The molecule has 0 unspecified atom stereocenters. The average molecular weight is 887 g/mol. The van der Waals surface area contributed by atoms with Gasteiger partial charge in [-0.2, -0.15) is 54.1 Å². The first-order valence-corrected chi connectivity index (χ1v) is 21.6. The van der Waals surface area contributed by atoms with Crippen LogP contribution in [0.3, 0.4) is 0 Å². The van der Waals surface area contributed by atoms with E-state index in [4.69, 9.17) is 11.5 Å². The summed E-state index contributed by atoms with van der Waals surface area (Å²) in [7, 11) is -19.7. The van der Waals surface area contributed by atoms with Gasteiger partial charge < -0.3 is 21.7 Å². The number of anilines is 2. The van der Waals surface area contributed by atoms with Gasteiger partial charge in [0.1, 0.15) is 21.2 Å². The number of nitrogens with two attached hydrogens (primary N) is 2. The minimum absolute atomic E-state index is 0.116. The molecule has 0 bridgehead atoms. The molecule has 0 aliphatic rings. The molecule has 26 heteroatoms. The number of aryl methyl sites for hydroxylation is 1. The van der Waals surface area contributed by atoms with Crippen molar-refractivity contribution < 1.29 is 62.1 Å². The van der Waals surface area contributed by atoms with Crippen molar-refractivity contribution in [3.05, 3.63) is 84.4 Å². The Hall–Kier alpha value is -6.52. The van der Waals surface area contributed by atoms with Crippen LogP contribution in [0.1, 0.15) is 5.56 Å². The molecule has 22 nitrogen and oxygen atoms in total. The highest BCUT2D eigenvalue weighted by Gasteiger charge is 2.26. The summed E-state index contributed by atoms with van der Waals surface area (Å²) in [5.74, 6) is -1.71. The minimum Gasteiger partial charge on any atom is -0.505 e. The van der Waals surface area contributed by atoms with E-state index in [0.29, 0.717) is 16.9 Å². The Morgan fingerprint density at radius 1 is 0.458 bits per heavy atom. The standard InChI is InChI=1S/C33H26N8O14S4/c1-15-8-20(38-41-31-27(59(53,54)55)12-17-10-22(57(47,48)49)14-24(35)29(17)33(31)43)6-7-25(15)39-36-18-2-4-19(5-3-18)37-40-30-26(58(50,51)52)11-16-9-21(56(44,45)46)13-23(34)28(16)32(30)42/h2-14,42-43H,34-35H2,1H3,(H,44,45,46)(H,47,48,49)(H,50,51,52)(H,53,54,55). The molecule has 6 rings (SSSR count). The fourth-order valence-electron chi connectivity index (χ4n) is 5.59. The Balaban J connectivity index is 1.24. The second kappa shape index (κ2) is 15.0. The second-order valence-electron chi connectivity index (χ2n) is 12.4. The van der Waals surface area contributed by atoms with Crippen molar-refractivity contribution in [2.24, 2.45) is 30.7 Å². The molecule has 10 N–H and O–H groups in total. The third kappa shape index (κ3) is 8.83. The van der Waals surface area contributed by atoms with Gasteiger partial charge in [-0.05, 0) is 102 Å². The van der Waals surface area contributed by atoms with Crippen LogP contribution in [0, 0.1) is 6.92 Å². The summed E-state index contributed by atoms with van der Waals surface area (Å²) in [6, 6.07) is 15.0. The number of fused-ring (bicyclic) bond motifs is 2. The fraction of sp³-hybridized carbons (Fsp3) is 0.0303. The summed E-state index contributed by atoms with van der Waals surface area (Å²) < 4.78 is 134. The zero-order valence-corrected chi connectivity index (χ0v) is 32.7. The number of benzene rings is 6. The van der Waals surface area contributed by atoms with Crippen molar-refractivity contribution >= 4 is 108 Å². The lowest BCUT2D eigenvalue weighted by Crippen LogP contribution is -2.02. The van der Waals surface area contributed by atoms with Gasteiger partial charge in [-0.1, -0.05) is 0 Å². The van der Waals surface area contributed by atoms with Crippen molar-refractivity contribution in [1.29, 1.82) is 0 Å². The predicted molar refractivity (Wildman–Crippen MR) is 209 cm³/mol. The Labute approximate surface area is 332 Å². The number of rotatable bonds is 10. The molecule has 0 fully saturated rings. The number of hydrogen-bond acceptors (Lipinski definition) is 18. The minimum atomic E-state index is -5.08. The number of nitrogen functional groups attached to an aromatic ring is 2. The zero-order valence-electron chi connectivity index (χ0n) is 29.4. The molecule has 0 saturated heterocycles. The van der Waals surface area contributed by atoms with Crippen molar-refractivity contribution in [2.45, 2.75) is 26.5 Å². The first kappa shape index (κ1) is 42.1. The summed E-state index contributed by atoms with van der Waals surface area (Å²) in [6.07, 6.45) is 0. The van der Waals surface area contributed by atoms with E-state index >= 15 is 0 Å². The first-order chi connectivity index (χ1) is 27.3. The predicted octanol–water partition coefficient (Wildman–Crippen LogP) is 7.11. The van der Waals surface area contributed by atoms with Gasteiger partial charge in [0, 0.05) is 22.1 Å². The van der Waals surface area contributed by atoms with Crippen molar-refractivity contribution in [2.75, 3.05) is 11.5 Å². The van der Waals surface area contributed by atoms with E-state index in [-0.39, 0.29) is 44.3 Å². The number of phenols is 2. The highest BCUT2D eigenvalue weighted by atomic mass is 32.2. The second-order valence-corrected chi connectivity index (χ2v) is 18.0. The zero-order chi connectivity index (χ0) is 43.4. The maximum atomic E-state index is 12.2. The van der Waals surface area contributed by atoms with E-state index in [0.717, 1.165) is 36.4 Å². The normalized spacial score (nSPS) is 13.1. The van der Waals surface area contributed by atoms with Crippen molar-refractivity contribution in [3.8, 4) is 11.5 Å². The number of phenolic OH excluding ortho intramolecular Hbond substituents is 2. The topological polar surface area (TPSA) is 384 Å². The first-order valence-electron chi connectivity index (χ1n) is 15.9. The van der Waals surface area contributed by atoms with Crippen LogP contribution < -0.4 is 11.5 Å². The van der Waals surface area contributed by atoms with Crippen LogP contribution in [0.4, 0.5) is 45.5 Å². The quantitative estimate of drug-likeness (QED) is 0.0386. The average Bonchev–Trinajstić information content (AvgIpc) is 3.12. The lowest BCUT2D eigenvalue weighted by molar-refractivity contribution is 0.471. The number of azo groups is 3. The molecule has 0 heterocycles. The number of nitrogens with zero attached hydrogens (tertiary/aromatic N) is 6. The summed E-state index contributed by atoms with van der Waals surface area (Å²) in [4.78, 5) is -3.27. The van der Waals surface area contributed by atoms with Gasteiger partial charge in [-0.25, -0.2) is 0 Å². The molecule has 0 radical (unpaired) electrons. The van der Waals surface area contributed by atoms with Crippen LogP contribution in [0.15, 0.2) is 129 Å². The summed E-state index contributed by atoms with van der Waals surface area (Å²) in [5, 5.41) is 44.6. The van der Waals surface area contributed by atoms with Gasteiger partial charge in [0.2, 0.25) is 0 Å². The van der Waals surface area contributed by atoms with Gasteiger partial charge >= 0.3 is 0 Å². The highest BCUT2D eigenvalue weighted by molar-refractivity contribution is 7.86. The van der Waals surface area contributed by atoms with E-state index in [2.05, 4.69) is 30.7 Å². The van der Waals surface area contributed by atoms with Gasteiger partial charge in [0.05, 0.1) is 32.5 Å². The Bertz CT molecular complexity index is 3320. The Kier molecular flexibility index (Phi) is 10.7. The molecular weight excluding hydrogens is 861 g/mol. The molecule has 0 aliphatic carbocycles. The monoisotopic (exact) mass is 886 g/mol. The summed E-state index contributed by atoms with van der Waals surface area (Å²) in [6.45, 7) is 1.63. The van der Waals surface area contributed by atoms with Gasteiger partial charge in [0.15, 0.2) is 11.5 Å². The van der Waals surface area contributed by atoms with Gasteiger partial charge in [-0.3, -0.25) is 18.2 Å². The van der Waals surface area contributed by atoms with E-state index in [1.165, 1.54) is 42.5 Å². The smallest absolute Gasteiger partial charge is 0.296 e. The van der Waals surface area contributed by atoms with E-state index in [1.807, 2.05) is 0 Å². The molecule has 6 aromatic rings. The van der Waals surface area contributed by atoms with Crippen LogP contribution in [0.2, 0.25) is 0 Å². The van der Waals surface area contributed by atoms with Crippen LogP contribution >= 0.6 is 0 Å². The molecule has 0 aliphatic heterocycles. The molecule has 0 saturated carbocycles. The van der Waals surface area contributed by atoms with E-state index in [1.54, 1.807) is 6.92 Å². The summed E-state index contributed by atoms with van der Waals surface area (Å²) in [5.41, 5.74) is 11.0. The molecule has 306 valence electrons. The number of aromatic hydroxyl groups is 2. The largest absolute Gasteiger partial charge is 0.505 e. The Morgan fingerprint density at radius 3 is 1.20 bits per heavy atom. The molecule has 59 heavy (non-hydrogen) atoms. The lowest BCUT2D eigenvalue weighted by atomic mass is 10.1. The maximum Gasteiger partial charge on any atom is 0.296 e.